The molecule has 4 aliphatic heterocycles. The summed E-state index contributed by atoms with van der Waals surface area (Å²) in [6, 6.07) is 55.7. The lowest BCUT2D eigenvalue weighted by Crippen LogP contribution is -2.63. The van der Waals surface area contributed by atoms with Crippen LogP contribution in [0.2, 0.25) is 0 Å². The second-order valence-electron chi connectivity index (χ2n) is 15.2. The topological polar surface area (TPSA) is 3.24 Å². The van der Waals surface area contributed by atoms with Gasteiger partial charge in [0.2, 0.25) is 13.4 Å². The summed E-state index contributed by atoms with van der Waals surface area (Å²) in [5, 5.41) is 0. The first kappa shape index (κ1) is 31.1. The third-order valence-electron chi connectivity index (χ3n) is 12.5. The largest absolute Gasteiger partial charge is 0.312 e. The van der Waals surface area contributed by atoms with E-state index in [9.17, 15) is 4.39 Å². The molecule has 0 bridgehead atoms. The number of nitrogens with zero attached hydrogens (tertiary/aromatic N) is 1. The van der Waals surface area contributed by atoms with Gasteiger partial charge in [-0.1, -0.05) is 120 Å². The highest BCUT2D eigenvalue weighted by Crippen LogP contribution is 2.45. The Balaban J connectivity index is 1.11. The second-order valence-corrected chi connectivity index (χ2v) is 15.2. The van der Waals surface area contributed by atoms with Crippen LogP contribution in [0.1, 0.15) is 11.1 Å². The first-order chi connectivity index (χ1) is 27.6. The third-order valence-corrected chi connectivity index (χ3v) is 12.5. The van der Waals surface area contributed by atoms with Gasteiger partial charge >= 0.3 is 0 Å². The highest BCUT2D eigenvalue weighted by molar-refractivity contribution is 7.05. The number of terminal acetylenes is 2. The van der Waals surface area contributed by atoms with Gasteiger partial charge in [0.1, 0.15) is 5.82 Å². The van der Waals surface area contributed by atoms with Crippen molar-refractivity contribution in [3.63, 3.8) is 0 Å². The molecule has 8 aromatic rings. The zero-order chi connectivity index (χ0) is 37.2. The molecule has 56 heavy (non-hydrogen) atoms. The molecule has 0 aliphatic carbocycles. The average molecular weight is 707 g/mol. The highest BCUT2D eigenvalue weighted by Gasteiger charge is 2.49. The van der Waals surface area contributed by atoms with Crippen molar-refractivity contribution in [2.24, 2.45) is 0 Å². The lowest BCUT2D eigenvalue weighted by atomic mass is 9.32. The van der Waals surface area contributed by atoms with E-state index in [-0.39, 0.29) is 19.2 Å². The molecule has 0 fully saturated rings. The Morgan fingerprint density at radius 2 is 0.839 bits per heavy atom. The fourth-order valence-electron chi connectivity index (χ4n) is 10.0. The van der Waals surface area contributed by atoms with Crippen molar-refractivity contribution < 1.29 is 4.39 Å². The zero-order valence-corrected chi connectivity index (χ0v) is 30.1. The summed E-state index contributed by atoms with van der Waals surface area (Å²) in [6.07, 6.45) is 11.4. The van der Waals surface area contributed by atoms with E-state index in [0.717, 1.165) is 44.5 Å². The normalized spacial score (nSPS) is 12.9. The van der Waals surface area contributed by atoms with E-state index >= 15 is 0 Å². The predicted molar refractivity (Wildman–Crippen MR) is 233 cm³/mol. The monoisotopic (exact) mass is 707 g/mol. The molecule has 12 rings (SSSR count). The summed E-state index contributed by atoms with van der Waals surface area (Å²) < 4.78 is 14.4. The van der Waals surface area contributed by atoms with Crippen LogP contribution in [0.3, 0.4) is 0 Å². The van der Waals surface area contributed by atoms with Crippen LogP contribution in [0.15, 0.2) is 158 Å². The van der Waals surface area contributed by atoms with E-state index < -0.39 is 0 Å². The second kappa shape index (κ2) is 11.4. The minimum Gasteiger partial charge on any atom is -0.312 e. The maximum Gasteiger partial charge on any atom is 0.248 e. The van der Waals surface area contributed by atoms with E-state index in [0.29, 0.717) is 0 Å². The standard InChI is InChI=1S/C52H28B2FN/c1-3-31-11-15-33(16-12-31)36-21-25-44-42(27-36)40-7-5-9-48-50(40)53(44)46-29-38(35-19-23-39(55)24-20-35)30-47-52(46)56(48)49-10-6-8-41-43-28-37(22-26-45(43)54(47)51(41)49)34-17-13-32(4-2)14-18-34/h1-2,5-30H. The molecule has 254 valence electrons. The third kappa shape index (κ3) is 4.19. The molecule has 0 unspecified atom stereocenters. The molecule has 4 aliphatic rings. The SMILES string of the molecule is C#Cc1ccc(-c2ccc3c(c2)-c2cccc4c2B3c2cc(-c3ccc(F)cc3)cc3c2N4c2cccc4c2B3c2ccc(-c3ccc(C#C)cc3)cc2-4)cc1. The number of hydrogen-bond acceptors (Lipinski definition) is 1. The number of benzene rings is 8. The molecule has 0 saturated carbocycles. The highest BCUT2D eigenvalue weighted by atomic mass is 19.1. The number of halogens is 1. The van der Waals surface area contributed by atoms with E-state index in [4.69, 9.17) is 12.8 Å². The van der Waals surface area contributed by atoms with Gasteiger partial charge in [-0.25, -0.2) is 4.39 Å². The van der Waals surface area contributed by atoms with E-state index in [2.05, 4.69) is 126 Å². The Bertz CT molecular complexity index is 2930. The Morgan fingerprint density at radius 1 is 0.411 bits per heavy atom. The van der Waals surface area contributed by atoms with Crippen LogP contribution in [0, 0.1) is 30.5 Å². The van der Waals surface area contributed by atoms with E-state index in [1.165, 1.54) is 72.1 Å². The molecule has 0 spiro atoms. The molecule has 0 saturated heterocycles. The van der Waals surface area contributed by atoms with Crippen molar-refractivity contribution in [2.75, 3.05) is 4.90 Å². The van der Waals surface area contributed by atoms with E-state index in [1.807, 2.05) is 36.4 Å². The van der Waals surface area contributed by atoms with Crippen molar-refractivity contribution in [1.29, 1.82) is 0 Å². The van der Waals surface area contributed by atoms with Gasteiger partial charge in [0.25, 0.3) is 0 Å². The zero-order valence-electron chi connectivity index (χ0n) is 30.1. The minimum absolute atomic E-state index is 0.0402. The van der Waals surface area contributed by atoms with Gasteiger partial charge in [-0.05, 0) is 138 Å². The first-order valence-electron chi connectivity index (χ1n) is 19.0. The molecule has 0 atom stereocenters. The van der Waals surface area contributed by atoms with Crippen molar-refractivity contribution >= 4 is 63.3 Å². The number of anilines is 3. The molecule has 8 aromatic carbocycles. The predicted octanol–water partition coefficient (Wildman–Crippen LogP) is 7.88. The summed E-state index contributed by atoms with van der Waals surface area (Å²) in [5.41, 5.74) is 25.1. The average Bonchev–Trinajstić information content (AvgIpc) is 3.77. The Hall–Kier alpha value is -7.26. The van der Waals surface area contributed by atoms with Gasteiger partial charge < -0.3 is 4.90 Å². The molecule has 0 aromatic heterocycles. The first-order valence-corrected chi connectivity index (χ1v) is 19.0. The summed E-state index contributed by atoms with van der Waals surface area (Å²) >= 11 is 0. The quantitative estimate of drug-likeness (QED) is 0.134. The summed E-state index contributed by atoms with van der Waals surface area (Å²) in [6.45, 7) is 0.0804. The van der Waals surface area contributed by atoms with Gasteiger partial charge in [0, 0.05) is 28.2 Å². The number of fused-ring (bicyclic) bond motifs is 10. The van der Waals surface area contributed by atoms with E-state index in [1.54, 1.807) is 12.1 Å². The van der Waals surface area contributed by atoms with Crippen LogP contribution < -0.4 is 37.7 Å². The van der Waals surface area contributed by atoms with Crippen LogP contribution in [-0.4, -0.2) is 13.4 Å². The lowest BCUT2D eigenvalue weighted by Gasteiger charge is -2.43. The van der Waals surface area contributed by atoms with Crippen molar-refractivity contribution in [2.45, 2.75) is 0 Å². The van der Waals surface area contributed by atoms with Crippen LogP contribution in [-0.2, 0) is 0 Å². The smallest absolute Gasteiger partial charge is 0.248 e. The molecule has 0 radical (unpaired) electrons. The summed E-state index contributed by atoms with van der Waals surface area (Å²) in [4.78, 5) is 2.54. The summed E-state index contributed by atoms with van der Waals surface area (Å²) in [7, 11) is 0. The van der Waals surface area contributed by atoms with Crippen molar-refractivity contribution in [1.82, 2.24) is 0 Å². The lowest BCUT2D eigenvalue weighted by molar-refractivity contribution is 0.628. The van der Waals surface area contributed by atoms with Gasteiger partial charge in [-0.15, -0.1) is 12.8 Å². The molecular weight excluding hydrogens is 679 g/mol. The van der Waals surface area contributed by atoms with Crippen molar-refractivity contribution in [3.05, 3.63) is 175 Å². The maximum absolute atomic E-state index is 14.4. The molecule has 4 heteroatoms. The van der Waals surface area contributed by atoms with Crippen LogP contribution >= 0.6 is 0 Å². The fraction of sp³-hybridized carbons (Fsp3) is 0. The molecular formula is C52H28B2FN. The van der Waals surface area contributed by atoms with Gasteiger partial charge in [0.15, 0.2) is 0 Å². The molecule has 4 heterocycles. The molecule has 1 nitrogen and oxygen atoms in total. The van der Waals surface area contributed by atoms with Gasteiger partial charge in [0.05, 0.1) is 0 Å². The number of hydrogen-bond donors (Lipinski definition) is 0. The molecule has 0 amide bonds. The van der Waals surface area contributed by atoms with Crippen LogP contribution in [0.25, 0.3) is 55.6 Å². The van der Waals surface area contributed by atoms with Crippen LogP contribution in [0.4, 0.5) is 21.5 Å². The Labute approximate surface area is 326 Å². The Morgan fingerprint density at radius 3 is 1.30 bits per heavy atom. The van der Waals surface area contributed by atoms with Crippen molar-refractivity contribution in [3.8, 4) is 80.3 Å². The minimum atomic E-state index is -0.236. The van der Waals surface area contributed by atoms with Gasteiger partial charge in [-0.2, -0.15) is 0 Å². The van der Waals surface area contributed by atoms with Gasteiger partial charge in [-0.3, -0.25) is 0 Å². The summed E-state index contributed by atoms with van der Waals surface area (Å²) in [5.74, 6) is 5.25. The Kier molecular flexibility index (Phi) is 6.32. The fourth-order valence-corrected chi connectivity index (χ4v) is 10.0. The van der Waals surface area contributed by atoms with Crippen LogP contribution in [0.5, 0.6) is 0 Å². The maximum atomic E-state index is 14.4. The molecule has 0 N–H and O–H groups in total. The number of rotatable bonds is 3.